The molecule has 0 saturated carbocycles. The number of aryl methyl sites for hydroxylation is 1. The molecule has 0 spiro atoms. The zero-order chi connectivity index (χ0) is 21.0. The second kappa shape index (κ2) is 8.57. The molecule has 3 rings (SSSR count). The molecule has 6 heteroatoms. The topological polar surface area (TPSA) is 55.8 Å². The number of hydrogen-bond donors (Lipinski definition) is 0. The number of benzene rings is 3. The summed E-state index contributed by atoms with van der Waals surface area (Å²) < 4.78 is 39.6. The van der Waals surface area contributed by atoms with E-state index in [-0.39, 0.29) is 4.90 Å². The molecule has 1 unspecified atom stereocenters. The van der Waals surface area contributed by atoms with Crippen molar-refractivity contribution >= 4 is 15.7 Å². The third-order valence-electron chi connectivity index (χ3n) is 4.79. The second-order valence-electron chi connectivity index (χ2n) is 6.74. The van der Waals surface area contributed by atoms with Crippen LogP contribution in [0.1, 0.15) is 24.1 Å². The number of methoxy groups -OCH3 is 2. The van der Waals surface area contributed by atoms with Gasteiger partial charge in [-0.1, -0.05) is 30.3 Å². The highest BCUT2D eigenvalue weighted by Gasteiger charge is 2.32. The molecule has 0 saturated heterocycles. The van der Waals surface area contributed by atoms with Crippen molar-refractivity contribution in [1.29, 1.82) is 0 Å². The fourth-order valence-corrected chi connectivity index (χ4v) is 4.98. The van der Waals surface area contributed by atoms with Crippen LogP contribution in [0.2, 0.25) is 0 Å². The van der Waals surface area contributed by atoms with E-state index in [0.29, 0.717) is 22.7 Å². The highest BCUT2D eigenvalue weighted by atomic mass is 32.2. The molecule has 0 aliphatic rings. The fraction of sp³-hybridized carbons (Fsp3) is 0.217. The van der Waals surface area contributed by atoms with Gasteiger partial charge in [0.2, 0.25) is 0 Å². The van der Waals surface area contributed by atoms with E-state index in [2.05, 4.69) is 0 Å². The molecule has 29 heavy (non-hydrogen) atoms. The summed E-state index contributed by atoms with van der Waals surface area (Å²) in [5.41, 5.74) is 2.28. The van der Waals surface area contributed by atoms with Gasteiger partial charge in [0.15, 0.2) is 0 Å². The van der Waals surface area contributed by atoms with Crippen LogP contribution >= 0.6 is 0 Å². The van der Waals surface area contributed by atoms with Gasteiger partial charge in [0, 0.05) is 5.56 Å². The van der Waals surface area contributed by atoms with Crippen LogP contribution < -0.4 is 13.8 Å². The smallest absolute Gasteiger partial charge is 0.264 e. The Morgan fingerprint density at radius 2 is 1.59 bits per heavy atom. The maximum atomic E-state index is 13.7. The number of rotatable bonds is 7. The molecule has 1 atom stereocenters. The average Bonchev–Trinajstić information content (AvgIpc) is 2.73. The summed E-state index contributed by atoms with van der Waals surface area (Å²) in [5.74, 6) is 1.23. The molecule has 0 amide bonds. The normalized spacial score (nSPS) is 12.3. The molecule has 0 N–H and O–H groups in total. The molecule has 0 heterocycles. The minimum Gasteiger partial charge on any atom is -0.497 e. The van der Waals surface area contributed by atoms with Crippen LogP contribution in [0.25, 0.3) is 0 Å². The molecule has 0 aliphatic carbocycles. The van der Waals surface area contributed by atoms with Crippen LogP contribution in [0.4, 0.5) is 5.69 Å². The van der Waals surface area contributed by atoms with Gasteiger partial charge in [-0.15, -0.1) is 0 Å². The van der Waals surface area contributed by atoms with Crippen molar-refractivity contribution in [2.24, 2.45) is 0 Å². The van der Waals surface area contributed by atoms with E-state index < -0.39 is 16.1 Å². The average molecular weight is 412 g/mol. The molecule has 0 radical (unpaired) electrons. The lowest BCUT2D eigenvalue weighted by atomic mass is 10.1. The molecule has 0 bridgehead atoms. The first-order valence-corrected chi connectivity index (χ1v) is 10.7. The van der Waals surface area contributed by atoms with E-state index in [0.717, 1.165) is 5.56 Å². The Morgan fingerprint density at radius 1 is 0.862 bits per heavy atom. The number of ether oxygens (including phenoxy) is 2. The molecule has 0 fully saturated rings. The van der Waals surface area contributed by atoms with Gasteiger partial charge >= 0.3 is 0 Å². The van der Waals surface area contributed by atoms with Gasteiger partial charge < -0.3 is 9.47 Å². The zero-order valence-electron chi connectivity index (χ0n) is 17.0. The maximum Gasteiger partial charge on any atom is 0.264 e. The minimum atomic E-state index is -3.83. The molecule has 152 valence electrons. The first-order chi connectivity index (χ1) is 13.9. The maximum absolute atomic E-state index is 13.7. The first kappa shape index (κ1) is 20.7. The summed E-state index contributed by atoms with van der Waals surface area (Å²) in [6.45, 7) is 3.79. The van der Waals surface area contributed by atoms with E-state index in [1.807, 2.05) is 38.1 Å². The standard InChI is InChI=1S/C23H25NO4S/c1-17-9-8-10-19(15-17)24(29(25,26)21-11-6-5-7-12-21)18(2)22-16-20(27-3)13-14-23(22)28-4/h5-16,18H,1-4H3. The molecule has 3 aromatic rings. The fourth-order valence-electron chi connectivity index (χ4n) is 3.33. The molecule has 3 aromatic carbocycles. The first-order valence-electron chi connectivity index (χ1n) is 9.26. The SMILES string of the molecule is COc1ccc(OC)c(C(C)N(c2cccc(C)c2)S(=O)(=O)c2ccccc2)c1. The number of anilines is 1. The van der Waals surface area contributed by atoms with E-state index in [1.54, 1.807) is 62.8 Å². The van der Waals surface area contributed by atoms with Gasteiger partial charge in [0.05, 0.1) is 30.8 Å². The Kier molecular flexibility index (Phi) is 6.13. The number of hydrogen-bond acceptors (Lipinski definition) is 4. The second-order valence-corrected chi connectivity index (χ2v) is 8.55. The van der Waals surface area contributed by atoms with Crippen molar-refractivity contribution < 1.29 is 17.9 Å². The van der Waals surface area contributed by atoms with Gasteiger partial charge in [-0.3, -0.25) is 4.31 Å². The van der Waals surface area contributed by atoms with Gasteiger partial charge in [-0.25, -0.2) is 8.42 Å². The van der Waals surface area contributed by atoms with Crippen LogP contribution in [0.3, 0.4) is 0 Å². The highest BCUT2D eigenvalue weighted by molar-refractivity contribution is 7.92. The number of sulfonamides is 1. The predicted molar refractivity (Wildman–Crippen MR) is 115 cm³/mol. The third kappa shape index (κ3) is 4.22. The Morgan fingerprint density at radius 3 is 2.21 bits per heavy atom. The van der Waals surface area contributed by atoms with Crippen LogP contribution in [0, 0.1) is 6.92 Å². The summed E-state index contributed by atoms with van der Waals surface area (Å²) >= 11 is 0. The quantitative estimate of drug-likeness (QED) is 0.551. The molecule has 0 aromatic heterocycles. The molecular weight excluding hydrogens is 386 g/mol. The van der Waals surface area contributed by atoms with Crippen LogP contribution in [0.5, 0.6) is 11.5 Å². The lowest BCUT2D eigenvalue weighted by Gasteiger charge is -2.32. The largest absolute Gasteiger partial charge is 0.497 e. The lowest BCUT2D eigenvalue weighted by Crippen LogP contribution is -2.34. The predicted octanol–water partition coefficient (Wildman–Crippen LogP) is 4.97. The Hall–Kier alpha value is -2.99. The Bertz CT molecular complexity index is 1080. The van der Waals surface area contributed by atoms with Crippen molar-refractivity contribution in [3.05, 3.63) is 83.9 Å². The van der Waals surface area contributed by atoms with Crippen molar-refractivity contribution in [2.45, 2.75) is 24.8 Å². The minimum absolute atomic E-state index is 0.232. The summed E-state index contributed by atoms with van der Waals surface area (Å²) in [5, 5.41) is 0. The van der Waals surface area contributed by atoms with E-state index >= 15 is 0 Å². The molecule has 0 aliphatic heterocycles. The highest BCUT2D eigenvalue weighted by Crippen LogP contribution is 2.38. The summed E-state index contributed by atoms with van der Waals surface area (Å²) in [6.07, 6.45) is 0. The van der Waals surface area contributed by atoms with Crippen LogP contribution in [0.15, 0.2) is 77.7 Å². The van der Waals surface area contributed by atoms with Gasteiger partial charge in [0.25, 0.3) is 10.0 Å². The van der Waals surface area contributed by atoms with E-state index in [1.165, 1.54) is 4.31 Å². The summed E-state index contributed by atoms with van der Waals surface area (Å²) in [4.78, 5) is 0.232. The van der Waals surface area contributed by atoms with Crippen molar-refractivity contribution in [2.75, 3.05) is 18.5 Å². The van der Waals surface area contributed by atoms with Gasteiger partial charge in [0.1, 0.15) is 11.5 Å². The third-order valence-corrected chi connectivity index (χ3v) is 6.71. The van der Waals surface area contributed by atoms with Crippen LogP contribution in [-0.4, -0.2) is 22.6 Å². The molecule has 5 nitrogen and oxygen atoms in total. The van der Waals surface area contributed by atoms with E-state index in [9.17, 15) is 8.42 Å². The van der Waals surface area contributed by atoms with Crippen LogP contribution in [-0.2, 0) is 10.0 Å². The Labute approximate surface area is 172 Å². The molecular formula is C23H25NO4S. The van der Waals surface area contributed by atoms with Crippen molar-refractivity contribution in [3.8, 4) is 11.5 Å². The summed E-state index contributed by atoms with van der Waals surface area (Å²) in [6, 6.07) is 20.8. The summed E-state index contributed by atoms with van der Waals surface area (Å²) in [7, 11) is -0.677. The zero-order valence-corrected chi connectivity index (χ0v) is 17.8. The lowest BCUT2D eigenvalue weighted by molar-refractivity contribution is 0.396. The van der Waals surface area contributed by atoms with E-state index in [4.69, 9.17) is 9.47 Å². The van der Waals surface area contributed by atoms with Gasteiger partial charge in [-0.05, 0) is 61.9 Å². The van der Waals surface area contributed by atoms with Crippen molar-refractivity contribution in [3.63, 3.8) is 0 Å². The van der Waals surface area contributed by atoms with Gasteiger partial charge in [-0.2, -0.15) is 0 Å². The Balaban J connectivity index is 2.21. The number of nitrogens with zero attached hydrogens (tertiary/aromatic N) is 1. The van der Waals surface area contributed by atoms with Crippen molar-refractivity contribution in [1.82, 2.24) is 0 Å². The monoisotopic (exact) mass is 411 g/mol.